The van der Waals surface area contributed by atoms with E-state index in [0.29, 0.717) is 29.8 Å². The van der Waals surface area contributed by atoms with Gasteiger partial charge in [-0.1, -0.05) is 5.16 Å². The van der Waals surface area contributed by atoms with Gasteiger partial charge in [-0.05, 0) is 26.0 Å². The molecule has 21 heavy (non-hydrogen) atoms. The molecule has 0 saturated heterocycles. The Morgan fingerprint density at radius 2 is 1.95 bits per heavy atom. The molecule has 0 fully saturated rings. The second-order valence-corrected chi connectivity index (χ2v) is 4.57. The van der Waals surface area contributed by atoms with E-state index < -0.39 is 0 Å². The average Bonchev–Trinajstić information content (AvgIpc) is 3.08. The van der Waals surface area contributed by atoms with Crippen LogP contribution >= 0.6 is 0 Å². The van der Waals surface area contributed by atoms with E-state index in [9.17, 15) is 0 Å². The fourth-order valence-corrected chi connectivity index (χ4v) is 1.87. The van der Waals surface area contributed by atoms with E-state index in [1.165, 1.54) is 0 Å². The van der Waals surface area contributed by atoms with Crippen molar-refractivity contribution in [3.05, 3.63) is 47.9 Å². The molecule has 3 aromatic rings. The zero-order chi connectivity index (χ0) is 14.7. The minimum atomic E-state index is 0.561. The summed E-state index contributed by atoms with van der Waals surface area (Å²) in [6, 6.07) is 7.36. The first-order chi connectivity index (χ1) is 10.2. The van der Waals surface area contributed by atoms with Crippen LogP contribution in [0.3, 0.4) is 0 Å². The van der Waals surface area contributed by atoms with Crippen LogP contribution in [0.5, 0.6) is 0 Å². The monoisotopic (exact) mass is 285 g/mol. The maximum absolute atomic E-state index is 5.27. The summed E-state index contributed by atoms with van der Waals surface area (Å²) < 4.78 is 10.3. The van der Waals surface area contributed by atoms with Crippen molar-refractivity contribution in [3.8, 4) is 0 Å². The second kappa shape index (κ2) is 5.66. The smallest absolute Gasteiger partial charge is 0.175 e. The Balaban J connectivity index is 1.72. The van der Waals surface area contributed by atoms with Crippen LogP contribution in [0.1, 0.15) is 17.3 Å². The fourth-order valence-electron chi connectivity index (χ4n) is 1.87. The Bertz CT molecular complexity index is 721. The summed E-state index contributed by atoms with van der Waals surface area (Å²) in [4.78, 5) is 8.65. The maximum Gasteiger partial charge on any atom is 0.175 e. The maximum atomic E-state index is 5.27. The van der Waals surface area contributed by atoms with Crippen molar-refractivity contribution in [3.63, 3.8) is 0 Å². The number of anilines is 3. The highest BCUT2D eigenvalue weighted by molar-refractivity contribution is 5.55. The lowest BCUT2D eigenvalue weighted by atomic mass is 10.4. The van der Waals surface area contributed by atoms with E-state index in [4.69, 9.17) is 8.94 Å². The number of hydrogen-bond acceptors (Lipinski definition) is 7. The van der Waals surface area contributed by atoms with E-state index in [-0.39, 0.29) is 0 Å². The Hall–Kier alpha value is -2.83. The average molecular weight is 285 g/mol. The molecule has 0 aliphatic carbocycles. The van der Waals surface area contributed by atoms with Crippen LogP contribution in [0.4, 0.5) is 17.5 Å². The van der Waals surface area contributed by atoms with E-state index >= 15 is 0 Å². The first kappa shape index (κ1) is 13.2. The molecule has 0 saturated carbocycles. The largest absolute Gasteiger partial charge is 0.467 e. The van der Waals surface area contributed by atoms with Gasteiger partial charge in [0, 0.05) is 12.1 Å². The third-order valence-corrected chi connectivity index (χ3v) is 2.75. The van der Waals surface area contributed by atoms with Crippen molar-refractivity contribution in [2.45, 2.75) is 20.4 Å². The topological polar surface area (TPSA) is 89.0 Å². The lowest BCUT2D eigenvalue weighted by Crippen LogP contribution is -2.04. The van der Waals surface area contributed by atoms with Gasteiger partial charge in [-0.15, -0.1) is 0 Å². The Kier molecular flexibility index (Phi) is 3.55. The number of nitrogens with zero attached hydrogens (tertiary/aromatic N) is 3. The molecule has 7 heteroatoms. The summed E-state index contributed by atoms with van der Waals surface area (Å²) in [6.45, 7) is 4.23. The molecule has 0 amide bonds. The summed E-state index contributed by atoms with van der Waals surface area (Å²) in [5.41, 5.74) is 0. The molecule has 3 heterocycles. The molecule has 0 aliphatic heterocycles. The minimum absolute atomic E-state index is 0.561. The molecule has 0 aliphatic rings. The van der Waals surface area contributed by atoms with Gasteiger partial charge in [-0.25, -0.2) is 9.97 Å². The van der Waals surface area contributed by atoms with Crippen molar-refractivity contribution >= 4 is 17.5 Å². The van der Waals surface area contributed by atoms with Crippen LogP contribution < -0.4 is 10.6 Å². The summed E-state index contributed by atoms with van der Waals surface area (Å²) in [7, 11) is 0. The molecule has 0 radical (unpaired) electrons. The quantitative estimate of drug-likeness (QED) is 0.744. The summed E-state index contributed by atoms with van der Waals surface area (Å²) in [5.74, 6) is 4.21. The van der Waals surface area contributed by atoms with E-state index in [1.807, 2.05) is 26.0 Å². The fraction of sp³-hybridized carbons (Fsp3) is 0.214. The van der Waals surface area contributed by atoms with Gasteiger partial charge in [0.1, 0.15) is 29.0 Å². The summed E-state index contributed by atoms with van der Waals surface area (Å²) in [6.07, 6.45) is 1.64. The number of rotatable bonds is 5. The first-order valence-electron chi connectivity index (χ1n) is 6.51. The number of aryl methyl sites for hydroxylation is 2. The van der Waals surface area contributed by atoms with Crippen molar-refractivity contribution in [2.75, 3.05) is 10.6 Å². The molecule has 0 spiro atoms. The van der Waals surface area contributed by atoms with E-state index in [2.05, 4.69) is 25.8 Å². The summed E-state index contributed by atoms with van der Waals surface area (Å²) in [5, 5.41) is 10.1. The number of furan rings is 1. The van der Waals surface area contributed by atoms with Crippen LogP contribution in [0.2, 0.25) is 0 Å². The summed E-state index contributed by atoms with van der Waals surface area (Å²) >= 11 is 0. The highest BCUT2D eigenvalue weighted by atomic mass is 16.5. The van der Waals surface area contributed by atoms with Crippen LogP contribution in [0.15, 0.2) is 39.5 Å². The van der Waals surface area contributed by atoms with Crippen molar-refractivity contribution < 1.29 is 8.94 Å². The lowest BCUT2D eigenvalue weighted by Gasteiger charge is -2.07. The molecule has 0 unspecified atom stereocenters. The number of aromatic nitrogens is 3. The van der Waals surface area contributed by atoms with Crippen LogP contribution in [-0.4, -0.2) is 15.1 Å². The SMILES string of the molecule is Cc1nc(NCc2ccco2)cc(Nc2cc(C)on2)n1. The zero-order valence-electron chi connectivity index (χ0n) is 11.8. The van der Waals surface area contributed by atoms with E-state index in [0.717, 1.165) is 11.5 Å². The Morgan fingerprint density at radius 3 is 2.67 bits per heavy atom. The normalized spacial score (nSPS) is 10.6. The molecule has 108 valence electrons. The highest BCUT2D eigenvalue weighted by Gasteiger charge is 2.06. The van der Waals surface area contributed by atoms with Gasteiger partial charge < -0.3 is 19.6 Å². The molecule has 3 rings (SSSR count). The third kappa shape index (κ3) is 3.38. The number of nitrogens with one attached hydrogen (secondary N) is 2. The Labute approximate surface area is 121 Å². The predicted molar refractivity (Wildman–Crippen MR) is 77.3 cm³/mol. The standard InChI is InChI=1S/C14H15N5O2/c1-9-6-14(19-21-9)18-13-7-12(16-10(2)17-13)15-8-11-4-3-5-20-11/h3-7H,8H2,1-2H3,(H2,15,16,17,18,19). The van der Waals surface area contributed by atoms with Crippen molar-refractivity contribution in [1.29, 1.82) is 0 Å². The molecule has 2 N–H and O–H groups in total. The second-order valence-electron chi connectivity index (χ2n) is 4.57. The van der Waals surface area contributed by atoms with Crippen LogP contribution in [0, 0.1) is 13.8 Å². The van der Waals surface area contributed by atoms with Crippen molar-refractivity contribution in [2.24, 2.45) is 0 Å². The minimum Gasteiger partial charge on any atom is -0.467 e. The van der Waals surface area contributed by atoms with Gasteiger partial charge in [0.15, 0.2) is 5.82 Å². The van der Waals surface area contributed by atoms with Gasteiger partial charge in [-0.2, -0.15) is 0 Å². The molecular weight excluding hydrogens is 270 g/mol. The highest BCUT2D eigenvalue weighted by Crippen LogP contribution is 2.17. The Morgan fingerprint density at radius 1 is 1.10 bits per heavy atom. The van der Waals surface area contributed by atoms with Gasteiger partial charge in [0.05, 0.1) is 12.8 Å². The molecule has 0 atom stereocenters. The van der Waals surface area contributed by atoms with Crippen molar-refractivity contribution in [1.82, 2.24) is 15.1 Å². The molecular formula is C14H15N5O2. The van der Waals surface area contributed by atoms with Gasteiger partial charge in [0.2, 0.25) is 0 Å². The molecule has 0 aromatic carbocycles. The predicted octanol–water partition coefficient (Wildman–Crippen LogP) is 3.03. The molecule has 0 bridgehead atoms. The lowest BCUT2D eigenvalue weighted by molar-refractivity contribution is 0.400. The zero-order valence-corrected chi connectivity index (χ0v) is 11.8. The van der Waals surface area contributed by atoms with E-state index in [1.54, 1.807) is 18.4 Å². The number of hydrogen-bond donors (Lipinski definition) is 2. The van der Waals surface area contributed by atoms with Gasteiger partial charge in [-0.3, -0.25) is 0 Å². The molecule has 7 nitrogen and oxygen atoms in total. The molecule has 3 aromatic heterocycles. The van der Waals surface area contributed by atoms with Crippen LogP contribution in [-0.2, 0) is 6.54 Å². The van der Waals surface area contributed by atoms with Crippen LogP contribution in [0.25, 0.3) is 0 Å². The van der Waals surface area contributed by atoms with Gasteiger partial charge in [0.25, 0.3) is 0 Å². The van der Waals surface area contributed by atoms with Gasteiger partial charge >= 0.3 is 0 Å². The first-order valence-corrected chi connectivity index (χ1v) is 6.51. The third-order valence-electron chi connectivity index (χ3n) is 2.75.